The third kappa shape index (κ3) is 2.58. The number of rotatable bonds is 2. The van der Waals surface area contributed by atoms with Crippen LogP contribution in [0.5, 0.6) is 0 Å². The van der Waals surface area contributed by atoms with E-state index in [9.17, 15) is 13.2 Å². The molecular formula is C7H4ClIO4S. The fraction of sp³-hybridized carbons (Fsp3) is 0. The second kappa shape index (κ2) is 4.03. The molecule has 7 heteroatoms. The summed E-state index contributed by atoms with van der Waals surface area (Å²) in [4.78, 5) is 10.3. The average Bonchev–Trinajstić information content (AvgIpc) is 2.01. The summed E-state index contributed by atoms with van der Waals surface area (Å²) in [6.07, 6.45) is 0. The number of carboxylic acid groups (broad SMARTS) is 1. The van der Waals surface area contributed by atoms with Crippen LogP contribution in [0.3, 0.4) is 0 Å². The molecule has 1 N–H and O–H groups in total. The molecule has 4 nitrogen and oxygen atoms in total. The van der Waals surface area contributed by atoms with Gasteiger partial charge in [0.25, 0.3) is 9.05 Å². The van der Waals surface area contributed by atoms with Gasteiger partial charge in [-0.25, -0.2) is 13.2 Å². The largest absolute Gasteiger partial charge is 0.478 e. The minimum Gasteiger partial charge on any atom is -0.478 e. The van der Waals surface area contributed by atoms with Gasteiger partial charge in [-0.2, -0.15) is 0 Å². The maximum Gasteiger partial charge on any atom is 0.337 e. The summed E-state index contributed by atoms with van der Waals surface area (Å²) in [5, 5.41) is 8.69. The van der Waals surface area contributed by atoms with E-state index in [4.69, 9.17) is 15.8 Å². The molecule has 1 rings (SSSR count). The lowest BCUT2D eigenvalue weighted by molar-refractivity contribution is 0.0692. The molecule has 0 aliphatic carbocycles. The molecule has 0 saturated carbocycles. The number of aromatic carboxylic acids is 1. The predicted molar refractivity (Wildman–Crippen MR) is 59.2 cm³/mol. The molecule has 14 heavy (non-hydrogen) atoms. The lowest BCUT2D eigenvalue weighted by Gasteiger charge is -2.02. The van der Waals surface area contributed by atoms with Crippen LogP contribution in [-0.4, -0.2) is 19.5 Å². The van der Waals surface area contributed by atoms with Crippen LogP contribution in [-0.2, 0) is 9.05 Å². The molecule has 1 aromatic rings. The molecule has 1 aromatic carbocycles. The molecule has 0 heterocycles. The first kappa shape index (κ1) is 11.7. The first-order valence-corrected chi connectivity index (χ1v) is 6.68. The summed E-state index contributed by atoms with van der Waals surface area (Å²) >= 11 is 1.87. The molecule has 76 valence electrons. The number of benzene rings is 1. The summed E-state index contributed by atoms with van der Waals surface area (Å²) in [6.45, 7) is 0. The van der Waals surface area contributed by atoms with Crippen molar-refractivity contribution in [3.05, 3.63) is 27.3 Å². The van der Waals surface area contributed by atoms with Gasteiger partial charge in [0.1, 0.15) is 0 Å². The highest BCUT2D eigenvalue weighted by atomic mass is 127. The van der Waals surface area contributed by atoms with Gasteiger partial charge in [-0.15, -0.1) is 0 Å². The van der Waals surface area contributed by atoms with Crippen LogP contribution < -0.4 is 0 Å². The average molecular weight is 347 g/mol. The Kier molecular flexibility index (Phi) is 3.38. The van der Waals surface area contributed by atoms with E-state index < -0.39 is 15.0 Å². The van der Waals surface area contributed by atoms with E-state index in [0.29, 0.717) is 3.57 Å². The van der Waals surface area contributed by atoms with Crippen molar-refractivity contribution < 1.29 is 18.3 Å². The van der Waals surface area contributed by atoms with E-state index in [-0.39, 0.29) is 10.5 Å². The van der Waals surface area contributed by atoms with Crippen LogP contribution in [0.1, 0.15) is 10.4 Å². The Hall–Kier alpha value is -0.340. The van der Waals surface area contributed by atoms with Gasteiger partial charge < -0.3 is 5.11 Å². The second-order valence-electron chi connectivity index (χ2n) is 2.38. The molecule has 0 aromatic heterocycles. The Labute approximate surface area is 98.4 Å². The third-order valence-electron chi connectivity index (χ3n) is 1.44. The Balaban J connectivity index is 3.54. The summed E-state index contributed by atoms with van der Waals surface area (Å²) in [5.41, 5.74) is -0.319. The fourth-order valence-corrected chi connectivity index (χ4v) is 2.65. The first-order chi connectivity index (χ1) is 6.32. The van der Waals surface area contributed by atoms with Crippen molar-refractivity contribution in [2.45, 2.75) is 4.90 Å². The zero-order valence-corrected chi connectivity index (χ0v) is 10.3. The molecule has 0 fully saturated rings. The molecule has 0 unspecified atom stereocenters. The molecule has 0 aliphatic rings. The standard InChI is InChI=1S/C7H4ClIO4S/c8-14(12,13)6-3-4(9)1-2-5(6)7(10)11/h1-3H,(H,10,11). The summed E-state index contributed by atoms with van der Waals surface area (Å²) in [5.74, 6) is -1.32. The molecule has 0 atom stereocenters. The van der Waals surface area contributed by atoms with Crippen LogP contribution in [0.25, 0.3) is 0 Å². The Morgan fingerprint density at radius 1 is 1.43 bits per heavy atom. The van der Waals surface area contributed by atoms with E-state index in [1.165, 1.54) is 18.2 Å². The normalized spacial score (nSPS) is 11.3. The van der Waals surface area contributed by atoms with Gasteiger partial charge in [0, 0.05) is 14.3 Å². The first-order valence-electron chi connectivity index (χ1n) is 3.30. The Bertz CT molecular complexity index is 482. The van der Waals surface area contributed by atoms with Crippen molar-refractivity contribution in [1.82, 2.24) is 0 Å². The molecule has 0 aliphatic heterocycles. The second-order valence-corrected chi connectivity index (χ2v) is 6.16. The van der Waals surface area contributed by atoms with Gasteiger partial charge in [-0.05, 0) is 40.8 Å². The molecule has 0 radical (unpaired) electrons. The maximum atomic E-state index is 11.0. The molecule has 0 spiro atoms. The van der Waals surface area contributed by atoms with E-state index in [2.05, 4.69) is 0 Å². The zero-order valence-electron chi connectivity index (χ0n) is 6.57. The van der Waals surface area contributed by atoms with E-state index in [1.807, 2.05) is 22.6 Å². The fourth-order valence-electron chi connectivity index (χ4n) is 0.875. The maximum absolute atomic E-state index is 11.0. The minimum atomic E-state index is -4.01. The lowest BCUT2D eigenvalue weighted by atomic mass is 10.2. The van der Waals surface area contributed by atoms with E-state index in [1.54, 1.807) is 0 Å². The van der Waals surface area contributed by atoms with Crippen LogP contribution in [0, 0.1) is 3.57 Å². The third-order valence-corrected chi connectivity index (χ3v) is 3.47. The van der Waals surface area contributed by atoms with E-state index in [0.717, 1.165) is 0 Å². The number of carbonyl (C=O) groups is 1. The SMILES string of the molecule is O=C(O)c1ccc(I)cc1S(=O)(=O)Cl. The highest BCUT2D eigenvalue weighted by Crippen LogP contribution is 2.22. The van der Waals surface area contributed by atoms with Gasteiger partial charge in [0.05, 0.1) is 10.5 Å². The van der Waals surface area contributed by atoms with Crippen LogP contribution in [0.4, 0.5) is 0 Å². The van der Waals surface area contributed by atoms with Crippen molar-refractivity contribution in [1.29, 1.82) is 0 Å². The summed E-state index contributed by atoms with van der Waals surface area (Å²) in [6, 6.07) is 3.92. The van der Waals surface area contributed by atoms with Crippen LogP contribution in [0.15, 0.2) is 23.1 Å². The van der Waals surface area contributed by atoms with Gasteiger partial charge in [0.15, 0.2) is 0 Å². The van der Waals surface area contributed by atoms with Gasteiger partial charge in [0.2, 0.25) is 0 Å². The minimum absolute atomic E-state index is 0.319. The summed E-state index contributed by atoms with van der Waals surface area (Å²) in [7, 11) is 1.07. The summed E-state index contributed by atoms with van der Waals surface area (Å²) < 4.78 is 22.6. The van der Waals surface area contributed by atoms with Crippen molar-refractivity contribution in [3.63, 3.8) is 0 Å². The van der Waals surface area contributed by atoms with Crippen molar-refractivity contribution in [3.8, 4) is 0 Å². The van der Waals surface area contributed by atoms with Gasteiger partial charge >= 0.3 is 5.97 Å². The number of hydrogen-bond acceptors (Lipinski definition) is 3. The molecule has 0 amide bonds. The predicted octanol–water partition coefficient (Wildman–Crippen LogP) is 1.92. The Morgan fingerprint density at radius 3 is 2.43 bits per heavy atom. The smallest absolute Gasteiger partial charge is 0.337 e. The van der Waals surface area contributed by atoms with Crippen molar-refractivity contribution >= 4 is 48.3 Å². The number of hydrogen-bond donors (Lipinski definition) is 1. The Morgan fingerprint density at radius 2 is 2.00 bits per heavy atom. The highest BCUT2D eigenvalue weighted by molar-refractivity contribution is 14.1. The van der Waals surface area contributed by atoms with Crippen molar-refractivity contribution in [2.75, 3.05) is 0 Å². The number of carboxylic acids is 1. The van der Waals surface area contributed by atoms with Crippen LogP contribution >= 0.6 is 33.3 Å². The quantitative estimate of drug-likeness (QED) is 0.656. The molecule has 0 bridgehead atoms. The highest BCUT2D eigenvalue weighted by Gasteiger charge is 2.20. The molecular weight excluding hydrogens is 342 g/mol. The van der Waals surface area contributed by atoms with Gasteiger partial charge in [-0.3, -0.25) is 0 Å². The lowest BCUT2D eigenvalue weighted by Crippen LogP contribution is -2.04. The van der Waals surface area contributed by atoms with E-state index >= 15 is 0 Å². The molecule has 0 saturated heterocycles. The number of halogens is 2. The van der Waals surface area contributed by atoms with Crippen molar-refractivity contribution in [2.24, 2.45) is 0 Å². The van der Waals surface area contributed by atoms with Gasteiger partial charge in [-0.1, -0.05) is 0 Å². The monoisotopic (exact) mass is 346 g/mol. The zero-order chi connectivity index (χ0) is 10.9. The van der Waals surface area contributed by atoms with Crippen LogP contribution in [0.2, 0.25) is 0 Å². The topological polar surface area (TPSA) is 71.4 Å².